The summed E-state index contributed by atoms with van der Waals surface area (Å²) in [6.45, 7) is 5.63. The highest BCUT2D eigenvalue weighted by Gasteiger charge is 2.09. The molecule has 0 atom stereocenters. The Labute approximate surface area is 114 Å². The van der Waals surface area contributed by atoms with Crippen LogP contribution in [-0.2, 0) is 9.59 Å². The highest BCUT2D eigenvalue weighted by atomic mass is 16.4. The van der Waals surface area contributed by atoms with Gasteiger partial charge in [0.05, 0.1) is 13.1 Å². The van der Waals surface area contributed by atoms with Gasteiger partial charge in [0.25, 0.3) is 0 Å². The van der Waals surface area contributed by atoms with Crippen LogP contribution in [0, 0.1) is 0 Å². The van der Waals surface area contributed by atoms with Crippen LogP contribution in [-0.4, -0.2) is 96.8 Å². The smallest absolute Gasteiger partial charge is 0.317 e. The van der Waals surface area contributed by atoms with Crippen LogP contribution in [0.1, 0.15) is 6.92 Å². The lowest BCUT2D eigenvalue weighted by Gasteiger charge is -2.24. The van der Waals surface area contributed by atoms with Crippen LogP contribution in [0.2, 0.25) is 0 Å². The molecule has 0 saturated heterocycles. The third kappa shape index (κ3) is 10.4. The Kier molecular flexibility index (Phi) is 9.11. The Morgan fingerprint density at radius 2 is 1.32 bits per heavy atom. The first kappa shape index (κ1) is 17.8. The van der Waals surface area contributed by atoms with Crippen LogP contribution in [0.4, 0.5) is 0 Å². The Morgan fingerprint density at radius 1 is 0.842 bits per heavy atom. The molecule has 0 radical (unpaired) electrons. The van der Waals surface area contributed by atoms with Crippen molar-refractivity contribution in [2.75, 3.05) is 59.9 Å². The van der Waals surface area contributed by atoms with Crippen LogP contribution in [0.25, 0.3) is 0 Å². The van der Waals surface area contributed by atoms with E-state index >= 15 is 0 Å². The third-order valence-electron chi connectivity index (χ3n) is 2.87. The van der Waals surface area contributed by atoms with E-state index in [1.54, 1.807) is 11.9 Å². The second kappa shape index (κ2) is 9.71. The van der Waals surface area contributed by atoms with E-state index in [4.69, 9.17) is 10.2 Å². The maximum Gasteiger partial charge on any atom is 0.317 e. The topological polar surface area (TPSA) is 84.3 Å². The molecule has 0 spiro atoms. The molecule has 0 saturated carbocycles. The van der Waals surface area contributed by atoms with Gasteiger partial charge in [-0.05, 0) is 20.6 Å². The lowest BCUT2D eigenvalue weighted by atomic mass is 10.4. The summed E-state index contributed by atoms with van der Waals surface area (Å²) in [6, 6.07) is 0. The summed E-state index contributed by atoms with van der Waals surface area (Å²) in [6.07, 6.45) is 0. The van der Waals surface area contributed by atoms with Crippen LogP contribution < -0.4 is 0 Å². The molecule has 0 rings (SSSR count). The molecule has 0 aromatic heterocycles. The maximum absolute atomic E-state index is 10.6. The molecule has 0 aliphatic heterocycles. The van der Waals surface area contributed by atoms with Crippen LogP contribution in [0.15, 0.2) is 0 Å². The van der Waals surface area contributed by atoms with E-state index in [-0.39, 0.29) is 13.1 Å². The number of hydrogen-bond donors (Lipinski definition) is 2. The van der Waals surface area contributed by atoms with Gasteiger partial charge in [0, 0.05) is 26.2 Å². The van der Waals surface area contributed by atoms with Crippen molar-refractivity contribution in [3.63, 3.8) is 0 Å². The zero-order valence-corrected chi connectivity index (χ0v) is 12.0. The van der Waals surface area contributed by atoms with Crippen molar-refractivity contribution in [2.24, 2.45) is 0 Å². The van der Waals surface area contributed by atoms with E-state index < -0.39 is 11.9 Å². The number of carboxylic acid groups (broad SMARTS) is 2. The van der Waals surface area contributed by atoms with Crippen LogP contribution in [0.3, 0.4) is 0 Å². The summed E-state index contributed by atoms with van der Waals surface area (Å²) in [7, 11) is 3.72. The van der Waals surface area contributed by atoms with Gasteiger partial charge in [-0.2, -0.15) is 0 Å². The monoisotopic (exact) mass is 275 g/mol. The molecule has 19 heavy (non-hydrogen) atoms. The van der Waals surface area contributed by atoms with Crippen molar-refractivity contribution in [2.45, 2.75) is 6.92 Å². The van der Waals surface area contributed by atoms with Gasteiger partial charge in [-0.15, -0.1) is 0 Å². The van der Waals surface area contributed by atoms with Gasteiger partial charge in [-0.3, -0.25) is 19.4 Å². The summed E-state index contributed by atoms with van der Waals surface area (Å²) < 4.78 is 0. The number of likely N-dealkylation sites (N-methyl/N-ethyl adjacent to an activating group) is 3. The van der Waals surface area contributed by atoms with Gasteiger partial charge in [0.1, 0.15) is 0 Å². The second-order valence-electron chi connectivity index (χ2n) is 4.70. The minimum atomic E-state index is -0.830. The van der Waals surface area contributed by atoms with E-state index in [2.05, 4.69) is 4.90 Å². The van der Waals surface area contributed by atoms with Crippen molar-refractivity contribution < 1.29 is 19.8 Å². The van der Waals surface area contributed by atoms with Crippen molar-refractivity contribution in [3.8, 4) is 0 Å². The predicted molar refractivity (Wildman–Crippen MR) is 72.4 cm³/mol. The molecule has 0 aliphatic carbocycles. The van der Waals surface area contributed by atoms with E-state index in [0.29, 0.717) is 19.6 Å². The van der Waals surface area contributed by atoms with Crippen molar-refractivity contribution in [1.29, 1.82) is 0 Å². The zero-order chi connectivity index (χ0) is 14.8. The van der Waals surface area contributed by atoms with Crippen LogP contribution in [0.5, 0.6) is 0 Å². The molecule has 0 aliphatic rings. The predicted octanol–water partition coefficient (Wildman–Crippen LogP) is -0.659. The van der Waals surface area contributed by atoms with E-state index in [1.807, 2.05) is 18.9 Å². The normalized spacial score (nSPS) is 11.5. The van der Waals surface area contributed by atoms with Gasteiger partial charge < -0.3 is 15.1 Å². The van der Waals surface area contributed by atoms with E-state index in [1.165, 1.54) is 0 Å². The summed E-state index contributed by atoms with van der Waals surface area (Å²) in [5.74, 6) is -1.64. The quantitative estimate of drug-likeness (QED) is 0.518. The molecule has 0 bridgehead atoms. The molecule has 7 heteroatoms. The second-order valence-corrected chi connectivity index (χ2v) is 4.70. The van der Waals surface area contributed by atoms with E-state index in [9.17, 15) is 9.59 Å². The molecular formula is C12H25N3O4. The summed E-state index contributed by atoms with van der Waals surface area (Å²) in [5, 5.41) is 17.3. The fourth-order valence-electron chi connectivity index (χ4n) is 1.62. The van der Waals surface area contributed by atoms with Gasteiger partial charge in [0.15, 0.2) is 0 Å². The fraction of sp³-hybridized carbons (Fsp3) is 0.833. The Hall–Kier alpha value is -1.18. The first-order valence-electron chi connectivity index (χ1n) is 6.38. The van der Waals surface area contributed by atoms with Gasteiger partial charge in [-0.25, -0.2) is 0 Å². The molecule has 0 aromatic carbocycles. The minimum absolute atomic E-state index is 0.0357. The number of nitrogens with zero attached hydrogens (tertiary/aromatic N) is 3. The van der Waals surface area contributed by atoms with Gasteiger partial charge in [0.2, 0.25) is 0 Å². The third-order valence-corrected chi connectivity index (χ3v) is 2.87. The molecular weight excluding hydrogens is 250 g/mol. The lowest BCUT2D eigenvalue weighted by molar-refractivity contribution is -0.139. The number of rotatable bonds is 11. The highest BCUT2D eigenvalue weighted by molar-refractivity contribution is 5.69. The van der Waals surface area contributed by atoms with Gasteiger partial charge in [-0.1, -0.05) is 6.92 Å². The van der Waals surface area contributed by atoms with Crippen molar-refractivity contribution >= 4 is 11.9 Å². The molecule has 0 fully saturated rings. The highest BCUT2D eigenvalue weighted by Crippen LogP contribution is 1.91. The Bertz CT molecular complexity index is 286. The molecule has 0 amide bonds. The zero-order valence-electron chi connectivity index (χ0n) is 12.0. The number of aliphatic carboxylic acids is 2. The molecule has 0 unspecified atom stereocenters. The molecule has 112 valence electrons. The first-order valence-corrected chi connectivity index (χ1v) is 6.38. The van der Waals surface area contributed by atoms with Gasteiger partial charge >= 0.3 is 11.9 Å². The average molecular weight is 275 g/mol. The maximum atomic E-state index is 10.6. The summed E-state index contributed by atoms with van der Waals surface area (Å²) in [4.78, 5) is 26.8. The van der Waals surface area contributed by atoms with Crippen LogP contribution >= 0.6 is 0 Å². The molecule has 7 nitrogen and oxygen atoms in total. The largest absolute Gasteiger partial charge is 0.480 e. The van der Waals surface area contributed by atoms with E-state index in [0.717, 1.165) is 13.1 Å². The average Bonchev–Trinajstić information content (AvgIpc) is 2.30. The fourth-order valence-corrected chi connectivity index (χ4v) is 1.62. The number of carbonyl (C=O) groups is 2. The Morgan fingerprint density at radius 3 is 1.79 bits per heavy atom. The SMILES string of the molecule is CCN(CCN(C)CCN(C)CC(=O)O)CC(=O)O. The van der Waals surface area contributed by atoms with Crippen molar-refractivity contribution in [1.82, 2.24) is 14.7 Å². The molecule has 2 N–H and O–H groups in total. The van der Waals surface area contributed by atoms with Crippen molar-refractivity contribution in [3.05, 3.63) is 0 Å². The number of carboxylic acids is 2. The number of hydrogen-bond acceptors (Lipinski definition) is 5. The summed E-state index contributed by atoms with van der Waals surface area (Å²) >= 11 is 0. The first-order chi connectivity index (χ1) is 8.85. The molecule has 0 aromatic rings. The molecule has 0 heterocycles. The summed E-state index contributed by atoms with van der Waals surface area (Å²) in [5.41, 5.74) is 0. The Balaban J connectivity index is 3.81. The lowest BCUT2D eigenvalue weighted by Crippen LogP contribution is -2.39. The standard InChI is InChI=1S/C12H25N3O4/c1-4-15(10-12(18)19)8-7-13(2)5-6-14(3)9-11(16)17/h4-10H2,1-3H3,(H,16,17)(H,18,19). The minimum Gasteiger partial charge on any atom is -0.480 e.